The molecule has 0 amide bonds. The average Bonchev–Trinajstić information content (AvgIpc) is 3.03. The second-order valence-corrected chi connectivity index (χ2v) is 8.68. The number of carboxylic acid groups (broad SMARTS) is 1. The fourth-order valence-electron chi connectivity index (χ4n) is 1.46. The molecule has 1 atom stereocenters. The van der Waals surface area contributed by atoms with Crippen LogP contribution in [-0.4, -0.2) is 25.5 Å². The summed E-state index contributed by atoms with van der Waals surface area (Å²) in [6.07, 6.45) is 1.46. The van der Waals surface area contributed by atoms with E-state index >= 15 is 0 Å². The Balaban J connectivity index is 2.23. The molecule has 1 aliphatic rings. The summed E-state index contributed by atoms with van der Waals surface area (Å²) in [6.45, 7) is 0. The minimum Gasteiger partial charge on any atom is -0.480 e. The van der Waals surface area contributed by atoms with Crippen LogP contribution in [0.2, 0.25) is 5.02 Å². The Morgan fingerprint density at radius 2 is 2.22 bits per heavy atom. The Hall–Kier alpha value is -0.150. The van der Waals surface area contributed by atoms with Gasteiger partial charge in [0.2, 0.25) is 0 Å². The third-order valence-corrected chi connectivity index (χ3v) is 6.92. The maximum absolute atomic E-state index is 12.0. The molecule has 0 saturated heterocycles. The predicted octanol–water partition coefficient (Wildman–Crippen LogP) is 2.31. The van der Waals surface area contributed by atoms with Gasteiger partial charge in [0, 0.05) is 0 Å². The van der Waals surface area contributed by atoms with Gasteiger partial charge in [-0.25, -0.2) is 8.42 Å². The quantitative estimate of drug-likeness (QED) is 0.828. The number of sulfonamides is 1. The summed E-state index contributed by atoms with van der Waals surface area (Å²) < 4.78 is 26.7. The van der Waals surface area contributed by atoms with Crippen molar-refractivity contribution in [1.29, 1.82) is 0 Å². The van der Waals surface area contributed by atoms with E-state index in [0.717, 1.165) is 24.2 Å². The van der Waals surface area contributed by atoms with Crippen LogP contribution in [0.3, 0.4) is 0 Å². The van der Waals surface area contributed by atoms with Crippen LogP contribution < -0.4 is 4.72 Å². The zero-order valence-electron chi connectivity index (χ0n) is 8.89. The van der Waals surface area contributed by atoms with Crippen molar-refractivity contribution in [2.24, 2.45) is 5.92 Å². The second kappa shape index (κ2) is 5.09. The average molecular weight is 375 g/mol. The lowest BCUT2D eigenvalue weighted by atomic mass is 10.2. The molecular weight excluding hydrogens is 366 g/mol. The lowest BCUT2D eigenvalue weighted by Crippen LogP contribution is -2.42. The normalized spacial score (nSPS) is 17.7. The maximum atomic E-state index is 12.0. The van der Waals surface area contributed by atoms with Crippen LogP contribution in [0.4, 0.5) is 0 Å². The maximum Gasteiger partial charge on any atom is 0.322 e. The monoisotopic (exact) mass is 373 g/mol. The number of thiophene rings is 1. The summed E-state index contributed by atoms with van der Waals surface area (Å²) in [5.41, 5.74) is 0. The molecule has 5 nitrogen and oxygen atoms in total. The van der Waals surface area contributed by atoms with Crippen LogP contribution in [0.5, 0.6) is 0 Å². The van der Waals surface area contributed by atoms with Crippen molar-refractivity contribution in [3.05, 3.63) is 14.9 Å². The van der Waals surface area contributed by atoms with Crippen LogP contribution in [0.1, 0.15) is 12.8 Å². The van der Waals surface area contributed by atoms with Crippen molar-refractivity contribution in [3.63, 3.8) is 0 Å². The molecule has 0 radical (unpaired) electrons. The molecule has 1 fully saturated rings. The predicted molar refractivity (Wildman–Crippen MR) is 71.5 cm³/mol. The number of hydrogen-bond acceptors (Lipinski definition) is 4. The minimum absolute atomic E-state index is 0.00581. The Morgan fingerprint density at radius 3 is 2.61 bits per heavy atom. The number of hydrogen-bond donors (Lipinski definition) is 2. The topological polar surface area (TPSA) is 83.5 Å². The molecule has 0 spiro atoms. The molecule has 1 aromatic heterocycles. The summed E-state index contributed by atoms with van der Waals surface area (Å²) in [6, 6.07) is 0.236. The highest BCUT2D eigenvalue weighted by Gasteiger charge is 2.39. The van der Waals surface area contributed by atoms with Crippen molar-refractivity contribution in [1.82, 2.24) is 4.72 Å². The van der Waals surface area contributed by atoms with Crippen molar-refractivity contribution >= 4 is 54.9 Å². The molecule has 1 saturated carbocycles. The SMILES string of the molecule is O=C(O)C(NS(=O)(=O)c1cc(Cl)c(Br)s1)C1CC1. The highest BCUT2D eigenvalue weighted by atomic mass is 79.9. The first-order chi connectivity index (χ1) is 8.31. The van der Waals surface area contributed by atoms with Gasteiger partial charge in [0.1, 0.15) is 10.3 Å². The number of nitrogens with one attached hydrogen (secondary N) is 1. The Morgan fingerprint density at radius 1 is 1.61 bits per heavy atom. The molecule has 18 heavy (non-hydrogen) atoms. The minimum atomic E-state index is -3.84. The summed E-state index contributed by atoms with van der Waals surface area (Å²) in [4.78, 5) is 11.0. The van der Waals surface area contributed by atoms with Crippen LogP contribution in [0.15, 0.2) is 14.1 Å². The Bertz CT molecular complexity index is 562. The number of carboxylic acids is 1. The highest BCUT2D eigenvalue weighted by Crippen LogP contribution is 2.36. The van der Waals surface area contributed by atoms with E-state index in [0.29, 0.717) is 8.81 Å². The fraction of sp³-hybridized carbons (Fsp3) is 0.444. The largest absolute Gasteiger partial charge is 0.480 e. The highest BCUT2D eigenvalue weighted by molar-refractivity contribution is 9.11. The van der Waals surface area contributed by atoms with Crippen molar-refractivity contribution in [3.8, 4) is 0 Å². The molecule has 1 heterocycles. The zero-order chi connectivity index (χ0) is 13.5. The third kappa shape index (κ3) is 3.05. The number of halogens is 2. The molecule has 1 unspecified atom stereocenters. The van der Waals surface area contributed by atoms with E-state index in [1.54, 1.807) is 0 Å². The lowest BCUT2D eigenvalue weighted by molar-refractivity contribution is -0.139. The summed E-state index contributed by atoms with van der Waals surface area (Å²) in [5, 5.41) is 9.29. The molecular formula is C9H9BrClNO4S2. The van der Waals surface area contributed by atoms with Gasteiger partial charge in [0.25, 0.3) is 10.0 Å². The van der Waals surface area contributed by atoms with Crippen molar-refractivity contribution < 1.29 is 18.3 Å². The molecule has 9 heteroatoms. The van der Waals surface area contributed by atoms with Gasteiger partial charge in [-0.2, -0.15) is 4.72 Å². The van der Waals surface area contributed by atoms with Gasteiger partial charge in [-0.1, -0.05) is 11.6 Å². The number of carbonyl (C=O) groups is 1. The smallest absolute Gasteiger partial charge is 0.322 e. The van der Waals surface area contributed by atoms with Gasteiger partial charge in [-0.3, -0.25) is 4.79 Å². The summed E-state index contributed by atoms with van der Waals surface area (Å²) >= 11 is 9.84. The molecule has 2 rings (SSSR count). The molecule has 1 aliphatic carbocycles. The molecule has 0 aliphatic heterocycles. The van der Waals surface area contributed by atoms with E-state index < -0.39 is 22.0 Å². The molecule has 0 bridgehead atoms. The van der Waals surface area contributed by atoms with Crippen molar-refractivity contribution in [2.45, 2.75) is 23.1 Å². The fourth-order valence-corrected chi connectivity index (χ4v) is 5.14. The van der Waals surface area contributed by atoms with Gasteiger partial charge < -0.3 is 5.11 Å². The molecule has 2 N–H and O–H groups in total. The number of aliphatic carboxylic acids is 1. The van der Waals surface area contributed by atoms with Crippen LogP contribution in [0, 0.1) is 5.92 Å². The van der Waals surface area contributed by atoms with E-state index in [4.69, 9.17) is 16.7 Å². The standard InChI is InChI=1S/C9H9BrClNO4S2/c10-8-5(11)3-6(17-8)18(15,16)12-7(9(13)14)4-1-2-4/h3-4,7,12H,1-2H2,(H,13,14). The van der Waals surface area contributed by atoms with E-state index in [1.165, 1.54) is 6.07 Å². The van der Waals surface area contributed by atoms with Gasteiger partial charge in [0.05, 0.1) is 8.81 Å². The van der Waals surface area contributed by atoms with Gasteiger partial charge >= 0.3 is 5.97 Å². The third-order valence-electron chi connectivity index (χ3n) is 2.53. The Kier molecular flexibility index (Phi) is 4.03. The molecule has 100 valence electrons. The first-order valence-corrected chi connectivity index (χ1v) is 8.48. The van der Waals surface area contributed by atoms with Crippen LogP contribution in [-0.2, 0) is 14.8 Å². The lowest BCUT2D eigenvalue weighted by Gasteiger charge is -2.12. The van der Waals surface area contributed by atoms with E-state index in [9.17, 15) is 13.2 Å². The van der Waals surface area contributed by atoms with Gasteiger partial charge in [-0.05, 0) is 40.8 Å². The first kappa shape index (κ1) is 14.3. The van der Waals surface area contributed by atoms with E-state index in [2.05, 4.69) is 20.7 Å². The van der Waals surface area contributed by atoms with Crippen LogP contribution >= 0.6 is 38.9 Å². The molecule has 1 aromatic rings. The Labute approximate surface area is 121 Å². The van der Waals surface area contributed by atoms with Gasteiger partial charge in [0.15, 0.2) is 0 Å². The van der Waals surface area contributed by atoms with Gasteiger partial charge in [-0.15, -0.1) is 11.3 Å². The summed E-state index contributed by atoms with van der Waals surface area (Å²) in [7, 11) is -3.84. The molecule has 0 aromatic carbocycles. The number of rotatable bonds is 5. The zero-order valence-corrected chi connectivity index (χ0v) is 12.9. The van der Waals surface area contributed by atoms with E-state index in [-0.39, 0.29) is 10.1 Å². The summed E-state index contributed by atoms with van der Waals surface area (Å²) in [5.74, 6) is -1.26. The second-order valence-electron chi connectivity index (χ2n) is 3.96. The van der Waals surface area contributed by atoms with Crippen LogP contribution in [0.25, 0.3) is 0 Å². The van der Waals surface area contributed by atoms with Crippen molar-refractivity contribution in [2.75, 3.05) is 0 Å². The first-order valence-electron chi connectivity index (χ1n) is 5.01. The van der Waals surface area contributed by atoms with E-state index in [1.807, 2.05) is 0 Å².